The van der Waals surface area contributed by atoms with Crippen molar-refractivity contribution in [2.75, 3.05) is 13.2 Å². The Morgan fingerprint density at radius 2 is 0.412 bits per heavy atom. The fourth-order valence-electron chi connectivity index (χ4n) is 11.2. The van der Waals surface area contributed by atoms with Crippen molar-refractivity contribution in [3.05, 3.63) is 24.3 Å². The lowest BCUT2D eigenvalue weighted by atomic mass is 10.0. The highest BCUT2D eigenvalue weighted by Gasteiger charge is 2.19. The van der Waals surface area contributed by atoms with E-state index in [2.05, 4.69) is 45.1 Å². The van der Waals surface area contributed by atoms with E-state index in [1.165, 1.54) is 315 Å². The highest BCUT2D eigenvalue weighted by Crippen LogP contribution is 2.19. The van der Waals surface area contributed by atoms with Crippen LogP contribution in [0.2, 0.25) is 0 Å². The van der Waals surface area contributed by atoms with Crippen LogP contribution in [0, 0.1) is 0 Å². The Kier molecular flexibility index (Phi) is 67.6. The van der Waals surface area contributed by atoms with Crippen LogP contribution in [0.15, 0.2) is 24.3 Å². The first-order valence-electron chi connectivity index (χ1n) is 36.3. The fraction of sp³-hybridized carbons (Fsp3) is 0.905. The Morgan fingerprint density at radius 3 is 0.625 bits per heavy atom. The summed E-state index contributed by atoms with van der Waals surface area (Å²) >= 11 is 0. The average molecular weight is 1130 g/mol. The molecule has 0 saturated heterocycles. The quantitative estimate of drug-likeness (QED) is 0.0261. The number of rotatable bonds is 68. The Balaban J connectivity index is 4.18. The number of esters is 3. The van der Waals surface area contributed by atoms with Gasteiger partial charge in [-0.3, -0.25) is 14.4 Å². The van der Waals surface area contributed by atoms with Crippen LogP contribution < -0.4 is 0 Å². The zero-order valence-corrected chi connectivity index (χ0v) is 54.4. The number of allylic oxidation sites excluding steroid dienone is 4. The number of carbonyl (C=O) groups excluding carboxylic acids is 3. The van der Waals surface area contributed by atoms with Gasteiger partial charge in [-0.1, -0.05) is 347 Å². The van der Waals surface area contributed by atoms with Crippen LogP contribution in [0.3, 0.4) is 0 Å². The van der Waals surface area contributed by atoms with Crippen molar-refractivity contribution in [2.45, 2.75) is 419 Å². The molecule has 0 saturated carbocycles. The van der Waals surface area contributed by atoms with Crippen LogP contribution in [0.1, 0.15) is 412 Å². The molecule has 0 aliphatic heterocycles. The molecule has 0 radical (unpaired) electrons. The van der Waals surface area contributed by atoms with Crippen LogP contribution in [0.25, 0.3) is 0 Å². The standard InChI is InChI=1S/C74H140O6/c1-4-7-10-13-16-19-22-25-28-30-32-33-34-35-36-37-38-39-40-41-43-44-46-49-52-55-58-61-64-67-73(76)79-70-71(69-78-72(75)66-63-60-57-54-51-48-27-24-21-18-15-12-9-6-3)80-74(77)68-65-62-59-56-53-50-47-45-42-31-29-26-23-20-17-14-11-8-5-2/h26,29-30,32,71H,4-25,27-28,31,33-70H2,1-3H3/b29-26-,32-30-. The molecule has 0 heterocycles. The van der Waals surface area contributed by atoms with Gasteiger partial charge >= 0.3 is 17.9 Å². The van der Waals surface area contributed by atoms with E-state index in [0.717, 1.165) is 57.8 Å². The Morgan fingerprint density at radius 1 is 0.237 bits per heavy atom. The monoisotopic (exact) mass is 1130 g/mol. The minimum Gasteiger partial charge on any atom is -0.462 e. The maximum atomic E-state index is 12.9. The second-order valence-electron chi connectivity index (χ2n) is 24.9. The lowest BCUT2D eigenvalue weighted by Gasteiger charge is -2.18. The van der Waals surface area contributed by atoms with Crippen LogP contribution >= 0.6 is 0 Å². The maximum Gasteiger partial charge on any atom is 0.306 e. The van der Waals surface area contributed by atoms with Gasteiger partial charge in [-0.15, -0.1) is 0 Å². The van der Waals surface area contributed by atoms with Gasteiger partial charge in [-0.05, 0) is 70.6 Å². The predicted octanol–water partition coefficient (Wildman–Crippen LogP) is 25.0. The van der Waals surface area contributed by atoms with Crippen molar-refractivity contribution < 1.29 is 28.6 Å². The van der Waals surface area contributed by atoms with Crippen molar-refractivity contribution in [3.63, 3.8) is 0 Å². The first-order chi connectivity index (χ1) is 39.5. The molecule has 0 spiro atoms. The molecule has 6 nitrogen and oxygen atoms in total. The summed E-state index contributed by atoms with van der Waals surface area (Å²) in [6.45, 7) is 6.72. The summed E-state index contributed by atoms with van der Waals surface area (Å²) in [4.78, 5) is 38.4. The van der Waals surface area contributed by atoms with Gasteiger partial charge < -0.3 is 14.2 Å². The molecule has 6 heteroatoms. The number of carbonyl (C=O) groups is 3. The number of unbranched alkanes of at least 4 members (excludes halogenated alkanes) is 53. The molecule has 0 fully saturated rings. The highest BCUT2D eigenvalue weighted by atomic mass is 16.6. The Labute approximate surface area is 500 Å². The van der Waals surface area contributed by atoms with Crippen LogP contribution in [-0.2, 0) is 28.6 Å². The van der Waals surface area contributed by atoms with Gasteiger partial charge in [0, 0.05) is 19.3 Å². The summed E-state index contributed by atoms with van der Waals surface area (Å²) in [7, 11) is 0. The van der Waals surface area contributed by atoms with Crippen molar-refractivity contribution in [1.82, 2.24) is 0 Å². The topological polar surface area (TPSA) is 78.9 Å². The number of hydrogen-bond donors (Lipinski definition) is 0. The van der Waals surface area contributed by atoms with Gasteiger partial charge in [0.15, 0.2) is 6.10 Å². The smallest absolute Gasteiger partial charge is 0.306 e. The molecule has 0 amide bonds. The van der Waals surface area contributed by atoms with E-state index in [4.69, 9.17) is 14.2 Å². The molecule has 472 valence electrons. The summed E-state index contributed by atoms with van der Waals surface area (Å²) in [5.41, 5.74) is 0. The van der Waals surface area contributed by atoms with E-state index >= 15 is 0 Å². The van der Waals surface area contributed by atoms with Gasteiger partial charge in [0.25, 0.3) is 0 Å². The van der Waals surface area contributed by atoms with Crippen molar-refractivity contribution in [3.8, 4) is 0 Å². The van der Waals surface area contributed by atoms with Gasteiger partial charge in [0.2, 0.25) is 0 Å². The third kappa shape index (κ3) is 66.7. The van der Waals surface area contributed by atoms with Gasteiger partial charge in [0.1, 0.15) is 13.2 Å². The van der Waals surface area contributed by atoms with Crippen molar-refractivity contribution in [1.29, 1.82) is 0 Å². The Hall–Kier alpha value is -2.11. The molecule has 0 bridgehead atoms. The maximum absolute atomic E-state index is 12.9. The summed E-state index contributed by atoms with van der Waals surface area (Å²) in [6, 6.07) is 0. The van der Waals surface area contributed by atoms with Crippen molar-refractivity contribution in [2.24, 2.45) is 0 Å². The van der Waals surface area contributed by atoms with Crippen LogP contribution in [-0.4, -0.2) is 37.2 Å². The minimum absolute atomic E-state index is 0.0655. The third-order valence-electron chi connectivity index (χ3n) is 16.7. The van der Waals surface area contributed by atoms with E-state index in [-0.39, 0.29) is 31.1 Å². The molecule has 0 aromatic heterocycles. The molecule has 0 aliphatic carbocycles. The van der Waals surface area contributed by atoms with Crippen LogP contribution in [0.4, 0.5) is 0 Å². The van der Waals surface area contributed by atoms with E-state index in [0.29, 0.717) is 19.3 Å². The van der Waals surface area contributed by atoms with Gasteiger partial charge in [-0.25, -0.2) is 0 Å². The molecular weight excluding hydrogens is 985 g/mol. The van der Waals surface area contributed by atoms with Crippen molar-refractivity contribution >= 4 is 17.9 Å². The summed E-state index contributed by atoms with van der Waals surface area (Å²) in [5.74, 6) is -0.834. The molecular formula is C74H140O6. The molecule has 0 aromatic carbocycles. The Bertz CT molecular complexity index is 1290. The van der Waals surface area contributed by atoms with E-state index < -0.39 is 6.10 Å². The van der Waals surface area contributed by atoms with Crippen LogP contribution in [0.5, 0.6) is 0 Å². The number of ether oxygens (including phenoxy) is 3. The summed E-state index contributed by atoms with van der Waals surface area (Å²) in [5, 5.41) is 0. The fourth-order valence-corrected chi connectivity index (χ4v) is 11.2. The third-order valence-corrected chi connectivity index (χ3v) is 16.7. The molecule has 0 aliphatic rings. The molecule has 80 heavy (non-hydrogen) atoms. The van der Waals surface area contributed by atoms with Gasteiger partial charge in [0.05, 0.1) is 0 Å². The second kappa shape index (κ2) is 69.4. The molecule has 0 aromatic rings. The van der Waals surface area contributed by atoms with E-state index in [1.807, 2.05) is 0 Å². The van der Waals surface area contributed by atoms with Gasteiger partial charge in [-0.2, -0.15) is 0 Å². The lowest BCUT2D eigenvalue weighted by Crippen LogP contribution is -2.30. The lowest BCUT2D eigenvalue weighted by molar-refractivity contribution is -0.167. The predicted molar refractivity (Wildman–Crippen MR) is 349 cm³/mol. The zero-order valence-electron chi connectivity index (χ0n) is 54.4. The van der Waals surface area contributed by atoms with E-state index in [9.17, 15) is 14.4 Å². The minimum atomic E-state index is -0.769. The van der Waals surface area contributed by atoms with E-state index in [1.54, 1.807) is 0 Å². The molecule has 0 N–H and O–H groups in total. The highest BCUT2D eigenvalue weighted by molar-refractivity contribution is 5.71. The summed E-state index contributed by atoms with van der Waals surface area (Å²) in [6.07, 6.45) is 85.0. The normalized spacial score (nSPS) is 12.1. The largest absolute Gasteiger partial charge is 0.462 e. The SMILES string of the molecule is CCCCCCCC/C=C\CCCCCCCCCCCC(=O)OC(COC(=O)CCCCCCCCCCCCCCCC)COC(=O)CCCCCCCCCCCCCCCCCCC/C=C\CCCCCCCCCC. The average Bonchev–Trinajstić information content (AvgIpc) is 3.46. The molecule has 1 atom stereocenters. The zero-order chi connectivity index (χ0) is 57.8. The second-order valence-corrected chi connectivity index (χ2v) is 24.9. The molecule has 0 rings (SSSR count). The first-order valence-corrected chi connectivity index (χ1v) is 36.3. The molecule has 1 unspecified atom stereocenters. The summed E-state index contributed by atoms with van der Waals surface area (Å²) < 4.78 is 17.0. The first kappa shape index (κ1) is 77.9. The number of hydrogen-bond acceptors (Lipinski definition) is 6.